The molecule has 0 radical (unpaired) electrons. The number of ether oxygens (including phenoxy) is 4. The van der Waals surface area contributed by atoms with E-state index in [2.05, 4.69) is 0 Å². The van der Waals surface area contributed by atoms with Gasteiger partial charge in [-0.15, -0.1) is 11.8 Å². The molecule has 1 heterocycles. The second kappa shape index (κ2) is 12.4. The van der Waals surface area contributed by atoms with Crippen LogP contribution in [0.4, 0.5) is 0 Å². The van der Waals surface area contributed by atoms with Crippen LogP contribution in [0.5, 0.6) is 0 Å². The lowest BCUT2D eigenvalue weighted by Crippen LogP contribution is -2.41. The van der Waals surface area contributed by atoms with E-state index in [4.69, 9.17) is 18.9 Å². The quantitative estimate of drug-likeness (QED) is 0.306. The SMILES string of the molecule is CC(=O)OC1S[C@H](COC(=O)c2ccccc2)[C@@H](OC(=O)c2ccccc2)[C@@H]1OCc1ccccc1. The summed E-state index contributed by atoms with van der Waals surface area (Å²) in [6.45, 7) is 1.47. The Bertz CT molecular complexity index is 1150. The zero-order chi connectivity index (χ0) is 25.3. The van der Waals surface area contributed by atoms with Crippen molar-refractivity contribution >= 4 is 29.7 Å². The molecule has 1 aliphatic heterocycles. The molecule has 0 saturated carbocycles. The summed E-state index contributed by atoms with van der Waals surface area (Å²) in [5.41, 5.74) is 0.948. The van der Waals surface area contributed by atoms with Crippen molar-refractivity contribution in [2.75, 3.05) is 6.61 Å². The Hall–Kier alpha value is -3.62. The summed E-state index contributed by atoms with van der Waals surface area (Å²) in [5.74, 6) is -1.53. The van der Waals surface area contributed by atoms with Gasteiger partial charge in [-0.2, -0.15) is 0 Å². The van der Waals surface area contributed by atoms with Crippen molar-refractivity contribution in [1.29, 1.82) is 0 Å². The van der Waals surface area contributed by atoms with E-state index in [1.54, 1.807) is 60.7 Å². The van der Waals surface area contributed by atoms with Gasteiger partial charge in [-0.25, -0.2) is 9.59 Å². The van der Waals surface area contributed by atoms with Gasteiger partial charge in [0.2, 0.25) is 0 Å². The Morgan fingerprint density at radius 3 is 1.86 bits per heavy atom. The average Bonchev–Trinajstić information content (AvgIpc) is 3.22. The molecule has 3 aromatic carbocycles. The molecule has 186 valence electrons. The van der Waals surface area contributed by atoms with Gasteiger partial charge in [0.25, 0.3) is 0 Å². The van der Waals surface area contributed by atoms with Crippen LogP contribution >= 0.6 is 11.8 Å². The van der Waals surface area contributed by atoms with Gasteiger partial charge in [0.15, 0.2) is 5.44 Å². The number of hydrogen-bond acceptors (Lipinski definition) is 8. The van der Waals surface area contributed by atoms with Gasteiger partial charge >= 0.3 is 17.9 Å². The summed E-state index contributed by atoms with van der Waals surface area (Å²) in [6.07, 6.45) is -1.61. The van der Waals surface area contributed by atoms with Crippen LogP contribution in [0.1, 0.15) is 33.2 Å². The van der Waals surface area contributed by atoms with E-state index in [9.17, 15) is 14.4 Å². The van der Waals surface area contributed by atoms with Crippen molar-refractivity contribution in [1.82, 2.24) is 0 Å². The summed E-state index contributed by atoms with van der Waals surface area (Å²) in [4.78, 5) is 37.3. The molecule has 0 spiro atoms. The third kappa shape index (κ3) is 6.74. The standard InChI is InChI=1S/C28H26O7S/c1-19(29)34-28-25(32-17-20-11-5-2-6-12-20)24(35-27(31)22-15-9-4-10-16-22)23(36-28)18-33-26(30)21-13-7-3-8-14-21/h2-16,23-25,28H,17-18H2,1H3/t23-,24-,25+,28?/m1/s1. The minimum absolute atomic E-state index is 0.0614. The van der Waals surface area contributed by atoms with Crippen LogP contribution in [-0.4, -0.2) is 47.4 Å². The van der Waals surface area contributed by atoms with E-state index in [-0.39, 0.29) is 13.2 Å². The van der Waals surface area contributed by atoms with Crippen LogP contribution in [0.3, 0.4) is 0 Å². The Balaban J connectivity index is 1.54. The molecule has 0 bridgehead atoms. The highest BCUT2D eigenvalue weighted by atomic mass is 32.2. The maximum atomic E-state index is 13.0. The molecule has 0 aromatic heterocycles. The Labute approximate surface area is 213 Å². The molecule has 3 aromatic rings. The Kier molecular flexibility index (Phi) is 8.76. The highest BCUT2D eigenvalue weighted by Crippen LogP contribution is 2.40. The molecule has 0 amide bonds. The number of esters is 3. The molecular formula is C28H26O7S. The summed E-state index contributed by atoms with van der Waals surface area (Å²) >= 11 is 1.24. The zero-order valence-electron chi connectivity index (χ0n) is 19.6. The highest BCUT2D eigenvalue weighted by molar-refractivity contribution is 8.00. The van der Waals surface area contributed by atoms with Crippen molar-refractivity contribution in [3.05, 3.63) is 108 Å². The first-order valence-electron chi connectivity index (χ1n) is 11.5. The molecule has 1 fully saturated rings. The average molecular weight is 507 g/mol. The lowest BCUT2D eigenvalue weighted by molar-refractivity contribution is -0.152. The summed E-state index contributed by atoms with van der Waals surface area (Å²) in [5, 5.41) is -0.518. The normalized spacial score (nSPS) is 20.9. The van der Waals surface area contributed by atoms with E-state index in [1.807, 2.05) is 30.3 Å². The van der Waals surface area contributed by atoms with E-state index in [0.29, 0.717) is 11.1 Å². The minimum atomic E-state index is -0.834. The van der Waals surface area contributed by atoms with E-state index in [1.165, 1.54) is 18.7 Å². The second-order valence-electron chi connectivity index (χ2n) is 8.11. The summed E-state index contributed by atoms with van der Waals surface area (Å²) < 4.78 is 23.1. The predicted molar refractivity (Wildman–Crippen MR) is 134 cm³/mol. The van der Waals surface area contributed by atoms with Gasteiger partial charge in [-0.05, 0) is 29.8 Å². The maximum Gasteiger partial charge on any atom is 0.338 e. The monoisotopic (exact) mass is 506 g/mol. The number of carbonyl (C=O) groups excluding carboxylic acids is 3. The zero-order valence-corrected chi connectivity index (χ0v) is 20.5. The Morgan fingerprint density at radius 2 is 1.28 bits per heavy atom. The van der Waals surface area contributed by atoms with Crippen LogP contribution in [0.15, 0.2) is 91.0 Å². The highest BCUT2D eigenvalue weighted by Gasteiger charge is 2.50. The Morgan fingerprint density at radius 1 is 0.722 bits per heavy atom. The number of thioether (sulfide) groups is 1. The smallest absolute Gasteiger partial charge is 0.338 e. The lowest BCUT2D eigenvalue weighted by atomic mass is 10.1. The minimum Gasteiger partial charge on any atom is -0.461 e. The van der Waals surface area contributed by atoms with Gasteiger partial charge in [0.05, 0.1) is 23.0 Å². The van der Waals surface area contributed by atoms with Crippen molar-refractivity contribution in [3.63, 3.8) is 0 Å². The molecule has 1 unspecified atom stereocenters. The molecule has 36 heavy (non-hydrogen) atoms. The lowest BCUT2D eigenvalue weighted by Gasteiger charge is -2.25. The van der Waals surface area contributed by atoms with Crippen molar-refractivity contribution in [2.24, 2.45) is 0 Å². The molecule has 4 rings (SSSR count). The molecule has 4 atom stereocenters. The van der Waals surface area contributed by atoms with Crippen LogP contribution in [-0.2, 0) is 30.3 Å². The van der Waals surface area contributed by atoms with Gasteiger partial charge in [0, 0.05) is 6.92 Å². The van der Waals surface area contributed by atoms with Crippen LogP contribution in [0.25, 0.3) is 0 Å². The maximum absolute atomic E-state index is 13.0. The first-order valence-corrected chi connectivity index (χ1v) is 12.4. The van der Waals surface area contributed by atoms with Gasteiger partial charge < -0.3 is 18.9 Å². The molecule has 7 nitrogen and oxygen atoms in total. The number of hydrogen-bond donors (Lipinski definition) is 0. The van der Waals surface area contributed by atoms with Crippen molar-refractivity contribution in [2.45, 2.75) is 36.4 Å². The number of rotatable bonds is 9. The third-order valence-electron chi connectivity index (χ3n) is 5.48. The van der Waals surface area contributed by atoms with Gasteiger partial charge in [0.1, 0.15) is 18.8 Å². The summed E-state index contributed by atoms with van der Waals surface area (Å²) in [6, 6.07) is 26.7. The third-order valence-corrected chi connectivity index (χ3v) is 6.86. The molecule has 1 saturated heterocycles. The summed E-state index contributed by atoms with van der Waals surface area (Å²) in [7, 11) is 0. The predicted octanol–water partition coefficient (Wildman–Crippen LogP) is 4.66. The fourth-order valence-electron chi connectivity index (χ4n) is 3.75. The van der Waals surface area contributed by atoms with E-state index in [0.717, 1.165) is 5.56 Å². The fourth-order valence-corrected chi connectivity index (χ4v) is 5.19. The van der Waals surface area contributed by atoms with Crippen LogP contribution in [0.2, 0.25) is 0 Å². The first-order chi connectivity index (χ1) is 17.5. The largest absolute Gasteiger partial charge is 0.461 e. The van der Waals surface area contributed by atoms with Gasteiger partial charge in [-0.1, -0.05) is 66.7 Å². The number of benzene rings is 3. The molecule has 8 heteroatoms. The van der Waals surface area contributed by atoms with Crippen molar-refractivity contribution in [3.8, 4) is 0 Å². The van der Waals surface area contributed by atoms with Crippen LogP contribution < -0.4 is 0 Å². The fraction of sp³-hybridized carbons (Fsp3) is 0.250. The topological polar surface area (TPSA) is 88.1 Å². The van der Waals surface area contributed by atoms with Gasteiger partial charge in [-0.3, -0.25) is 4.79 Å². The second-order valence-corrected chi connectivity index (χ2v) is 9.46. The number of carbonyl (C=O) groups is 3. The van der Waals surface area contributed by atoms with E-state index >= 15 is 0 Å². The van der Waals surface area contributed by atoms with Crippen LogP contribution in [0, 0.1) is 0 Å². The van der Waals surface area contributed by atoms with E-state index < -0.39 is 40.8 Å². The first kappa shape index (κ1) is 25.5. The molecule has 0 N–H and O–H groups in total. The van der Waals surface area contributed by atoms with Crippen molar-refractivity contribution < 1.29 is 33.3 Å². The molecule has 1 aliphatic rings. The molecular weight excluding hydrogens is 480 g/mol. The molecule has 0 aliphatic carbocycles.